The van der Waals surface area contributed by atoms with Crippen LogP contribution in [0.3, 0.4) is 0 Å². The highest BCUT2D eigenvalue weighted by Gasteiger charge is 2.28. The summed E-state index contributed by atoms with van der Waals surface area (Å²) in [4.78, 5) is 38.7. The van der Waals surface area contributed by atoms with E-state index in [2.05, 4.69) is 24.8 Å². The molecule has 1 amide bonds. The molecule has 0 unspecified atom stereocenters. The zero-order chi connectivity index (χ0) is 24.8. The Morgan fingerprint density at radius 2 is 1.74 bits per heavy atom. The number of rotatable bonds is 8. The highest BCUT2D eigenvalue weighted by Crippen LogP contribution is 2.27. The van der Waals surface area contributed by atoms with Crippen LogP contribution in [0.4, 0.5) is 5.82 Å². The van der Waals surface area contributed by atoms with E-state index in [0.717, 1.165) is 41.1 Å². The van der Waals surface area contributed by atoms with E-state index in [0.29, 0.717) is 44.0 Å². The van der Waals surface area contributed by atoms with Crippen molar-refractivity contribution in [3.05, 3.63) is 47.2 Å². The van der Waals surface area contributed by atoms with Crippen molar-refractivity contribution < 1.29 is 14.3 Å². The van der Waals surface area contributed by atoms with Crippen molar-refractivity contribution in [1.29, 1.82) is 0 Å². The van der Waals surface area contributed by atoms with Crippen molar-refractivity contribution in [2.75, 3.05) is 37.7 Å². The number of hydrogen-bond acceptors (Lipinski definition) is 7. The van der Waals surface area contributed by atoms with Gasteiger partial charge in [-0.2, -0.15) is 0 Å². The number of ether oxygens (including phenoxy) is 1. The average molecular weight is 497 g/mol. The smallest absolute Gasteiger partial charge is 0.309 e. The van der Waals surface area contributed by atoms with E-state index in [1.54, 1.807) is 11.8 Å². The molecule has 0 N–H and O–H groups in total. The van der Waals surface area contributed by atoms with E-state index in [9.17, 15) is 9.59 Å². The molecule has 1 aromatic heterocycles. The van der Waals surface area contributed by atoms with E-state index in [4.69, 9.17) is 14.7 Å². The average Bonchev–Trinajstić information content (AvgIpc) is 3.43. The SMILES string of the molecule is CCOC(=O)C1CCN(C(=O)c2ccc(CSc3nc(C(C)C)cc(N4CCCC4)n3)cc2)CC1. The number of amides is 1. The first-order chi connectivity index (χ1) is 16.9. The number of piperidine rings is 1. The highest BCUT2D eigenvalue weighted by molar-refractivity contribution is 7.98. The molecule has 2 saturated heterocycles. The third-order valence-electron chi connectivity index (χ3n) is 6.70. The van der Waals surface area contributed by atoms with Crippen molar-refractivity contribution in [2.45, 2.75) is 63.3 Å². The molecule has 0 bridgehead atoms. The van der Waals surface area contributed by atoms with Crippen LogP contribution in [0, 0.1) is 5.92 Å². The van der Waals surface area contributed by atoms with Crippen molar-refractivity contribution in [3.8, 4) is 0 Å². The van der Waals surface area contributed by atoms with Crippen LogP contribution in [-0.4, -0.2) is 59.5 Å². The fraction of sp³-hybridized carbons (Fsp3) is 0.556. The quantitative estimate of drug-likeness (QED) is 0.292. The normalized spacial score (nSPS) is 16.7. The predicted octanol–water partition coefficient (Wildman–Crippen LogP) is 4.91. The molecule has 2 aliphatic rings. The monoisotopic (exact) mass is 496 g/mol. The Kier molecular flexibility index (Phi) is 8.65. The molecule has 0 radical (unpaired) electrons. The van der Waals surface area contributed by atoms with Crippen LogP contribution in [-0.2, 0) is 15.3 Å². The number of thioether (sulfide) groups is 1. The van der Waals surface area contributed by atoms with Crippen LogP contribution in [0.25, 0.3) is 0 Å². The van der Waals surface area contributed by atoms with Crippen LogP contribution in [0.1, 0.15) is 74.0 Å². The molecule has 0 spiro atoms. The molecule has 0 aliphatic carbocycles. The number of carbonyl (C=O) groups is 2. The maximum Gasteiger partial charge on any atom is 0.309 e. The first kappa shape index (κ1) is 25.5. The third-order valence-corrected chi connectivity index (χ3v) is 7.62. The van der Waals surface area contributed by atoms with Gasteiger partial charge >= 0.3 is 5.97 Å². The lowest BCUT2D eigenvalue weighted by molar-refractivity contribution is -0.149. The lowest BCUT2D eigenvalue weighted by Crippen LogP contribution is -2.40. The van der Waals surface area contributed by atoms with Gasteiger partial charge in [0.05, 0.1) is 12.5 Å². The van der Waals surface area contributed by atoms with Gasteiger partial charge in [0.1, 0.15) is 5.82 Å². The number of hydrogen-bond donors (Lipinski definition) is 0. The van der Waals surface area contributed by atoms with Gasteiger partial charge in [-0.25, -0.2) is 9.97 Å². The van der Waals surface area contributed by atoms with Crippen LogP contribution >= 0.6 is 11.8 Å². The van der Waals surface area contributed by atoms with E-state index >= 15 is 0 Å². The van der Waals surface area contributed by atoms with Gasteiger partial charge in [0.2, 0.25) is 0 Å². The van der Waals surface area contributed by atoms with Gasteiger partial charge in [-0.3, -0.25) is 9.59 Å². The van der Waals surface area contributed by atoms with Gasteiger partial charge in [-0.1, -0.05) is 37.7 Å². The molecular formula is C27H36N4O3S. The summed E-state index contributed by atoms with van der Waals surface area (Å²) in [6.45, 7) is 9.85. The summed E-state index contributed by atoms with van der Waals surface area (Å²) in [6, 6.07) is 9.96. The van der Waals surface area contributed by atoms with Gasteiger partial charge in [-0.05, 0) is 56.2 Å². The molecule has 0 atom stereocenters. The number of esters is 1. The molecule has 3 heterocycles. The van der Waals surface area contributed by atoms with Crippen LogP contribution in [0.5, 0.6) is 0 Å². The van der Waals surface area contributed by atoms with E-state index in [-0.39, 0.29) is 17.8 Å². The molecule has 2 fully saturated rings. The zero-order valence-corrected chi connectivity index (χ0v) is 21.9. The first-order valence-electron chi connectivity index (χ1n) is 12.8. The Labute approximate surface area is 212 Å². The predicted molar refractivity (Wildman–Crippen MR) is 139 cm³/mol. The van der Waals surface area contributed by atoms with E-state index in [1.807, 2.05) is 36.1 Å². The Morgan fingerprint density at radius 3 is 2.37 bits per heavy atom. The van der Waals surface area contributed by atoms with Crippen LogP contribution in [0.15, 0.2) is 35.5 Å². The van der Waals surface area contributed by atoms with Crippen molar-refractivity contribution in [1.82, 2.24) is 14.9 Å². The van der Waals surface area contributed by atoms with Crippen LogP contribution in [0.2, 0.25) is 0 Å². The maximum atomic E-state index is 12.9. The number of carbonyl (C=O) groups excluding carboxylic acids is 2. The Morgan fingerprint density at radius 1 is 1.06 bits per heavy atom. The molecule has 2 aliphatic heterocycles. The molecule has 35 heavy (non-hydrogen) atoms. The van der Waals surface area contributed by atoms with E-state index < -0.39 is 0 Å². The minimum absolute atomic E-state index is 0.0229. The topological polar surface area (TPSA) is 75.6 Å². The minimum Gasteiger partial charge on any atom is -0.466 e. The summed E-state index contributed by atoms with van der Waals surface area (Å²) in [6.07, 6.45) is 3.76. The van der Waals surface area contributed by atoms with Crippen molar-refractivity contribution >= 4 is 29.5 Å². The molecule has 7 nitrogen and oxygen atoms in total. The second-order valence-corrected chi connectivity index (χ2v) is 10.5. The largest absolute Gasteiger partial charge is 0.466 e. The van der Waals surface area contributed by atoms with Crippen molar-refractivity contribution in [2.24, 2.45) is 5.92 Å². The van der Waals surface area contributed by atoms with Crippen molar-refractivity contribution in [3.63, 3.8) is 0 Å². The van der Waals surface area contributed by atoms with Gasteiger partial charge in [0, 0.05) is 49.3 Å². The van der Waals surface area contributed by atoms with Gasteiger partial charge in [0.15, 0.2) is 5.16 Å². The molecular weight excluding hydrogens is 460 g/mol. The fourth-order valence-corrected chi connectivity index (χ4v) is 5.37. The van der Waals surface area contributed by atoms with Gasteiger partial charge in [0.25, 0.3) is 5.91 Å². The van der Waals surface area contributed by atoms with Gasteiger partial charge in [-0.15, -0.1) is 0 Å². The molecule has 1 aromatic carbocycles. The maximum absolute atomic E-state index is 12.9. The van der Waals surface area contributed by atoms with Gasteiger partial charge < -0.3 is 14.5 Å². The Hall–Kier alpha value is -2.61. The third kappa shape index (κ3) is 6.54. The number of aromatic nitrogens is 2. The highest BCUT2D eigenvalue weighted by atomic mass is 32.2. The fourth-order valence-electron chi connectivity index (χ4n) is 4.55. The summed E-state index contributed by atoms with van der Waals surface area (Å²) in [5.74, 6) is 1.93. The number of anilines is 1. The summed E-state index contributed by atoms with van der Waals surface area (Å²) >= 11 is 1.64. The Bertz CT molecular complexity index is 1010. The van der Waals surface area contributed by atoms with E-state index in [1.165, 1.54) is 12.8 Å². The standard InChI is InChI=1S/C27H36N4O3S/c1-4-34-26(33)22-11-15-31(16-12-22)25(32)21-9-7-20(8-10-21)18-35-27-28-23(19(2)3)17-24(29-27)30-13-5-6-14-30/h7-10,17,19,22H,4-6,11-16,18H2,1-3H3. The van der Waals surface area contributed by atoms with Crippen LogP contribution < -0.4 is 4.90 Å². The first-order valence-corrected chi connectivity index (χ1v) is 13.7. The minimum atomic E-state index is -0.142. The second-order valence-electron chi connectivity index (χ2n) is 9.59. The molecule has 8 heteroatoms. The number of benzene rings is 1. The number of nitrogens with zero attached hydrogens (tertiary/aromatic N) is 4. The molecule has 0 saturated carbocycles. The summed E-state index contributed by atoms with van der Waals surface area (Å²) in [5.41, 5.74) is 2.90. The summed E-state index contributed by atoms with van der Waals surface area (Å²) in [5, 5.41) is 0.808. The summed E-state index contributed by atoms with van der Waals surface area (Å²) < 4.78 is 5.12. The lowest BCUT2D eigenvalue weighted by Gasteiger charge is -2.31. The molecule has 188 valence electrons. The Balaban J connectivity index is 1.34. The zero-order valence-electron chi connectivity index (χ0n) is 21.0. The number of likely N-dealkylation sites (tertiary alicyclic amines) is 1. The lowest BCUT2D eigenvalue weighted by atomic mass is 9.96. The summed E-state index contributed by atoms with van der Waals surface area (Å²) in [7, 11) is 0. The second kappa shape index (κ2) is 11.9. The molecule has 2 aromatic rings. The molecule has 4 rings (SSSR count).